The van der Waals surface area contributed by atoms with Crippen molar-refractivity contribution in [3.05, 3.63) is 69.8 Å². The number of phenolic OH excluding ortho intramolecular Hbond substituents is 1. The average Bonchev–Trinajstić information content (AvgIpc) is 3.32. The minimum atomic E-state index is -3.61. The molecule has 0 radical (unpaired) electrons. The molecule has 0 amide bonds. The Labute approximate surface area is 235 Å². The largest absolute Gasteiger partial charge is 0.507 e. The zero-order valence-corrected chi connectivity index (χ0v) is 24.5. The van der Waals surface area contributed by atoms with Crippen LogP contribution in [0.3, 0.4) is 0 Å². The van der Waals surface area contributed by atoms with Gasteiger partial charge in [-0.2, -0.15) is 0 Å². The quantitative estimate of drug-likeness (QED) is 0.195. The summed E-state index contributed by atoms with van der Waals surface area (Å²) in [6.07, 6.45) is 4.23. The summed E-state index contributed by atoms with van der Waals surface area (Å²) in [5.74, 6) is -0.622. The molecular weight excluding hydrogens is 531 g/mol. The number of cyclic esters (lactones) is 1. The molecule has 0 aromatic heterocycles. The summed E-state index contributed by atoms with van der Waals surface area (Å²) < 4.78 is 31.0. The van der Waals surface area contributed by atoms with Gasteiger partial charge in [0.1, 0.15) is 35.8 Å². The molecule has 4 rings (SSSR count). The van der Waals surface area contributed by atoms with Gasteiger partial charge in [0.05, 0.1) is 6.16 Å². The van der Waals surface area contributed by atoms with Gasteiger partial charge >= 0.3 is 19.5 Å². The molecule has 1 unspecified atom stereocenters. The summed E-state index contributed by atoms with van der Waals surface area (Å²) >= 11 is 0. The smallest absolute Gasteiger partial charge is 0.342 e. The van der Waals surface area contributed by atoms with Crippen molar-refractivity contribution in [2.75, 3.05) is 19.3 Å². The molecule has 1 saturated heterocycles. The van der Waals surface area contributed by atoms with Crippen molar-refractivity contribution in [2.45, 2.75) is 72.1 Å². The van der Waals surface area contributed by atoms with Gasteiger partial charge in [0, 0.05) is 11.1 Å². The third kappa shape index (κ3) is 6.95. The Balaban J connectivity index is 1.54. The maximum Gasteiger partial charge on any atom is 0.342 e. The number of aromatic hydroxyl groups is 1. The molecule has 0 bridgehead atoms. The first-order valence-electron chi connectivity index (χ1n) is 13.8. The number of carbonyl (C=O) groups excluding carboxylic acids is 2. The molecule has 3 N–H and O–H groups in total. The van der Waals surface area contributed by atoms with Gasteiger partial charge in [-0.15, -0.1) is 0 Å². The van der Waals surface area contributed by atoms with Crippen molar-refractivity contribution in [3.8, 4) is 11.5 Å². The van der Waals surface area contributed by atoms with Crippen molar-refractivity contribution in [2.24, 2.45) is 0 Å². The second-order valence-electron chi connectivity index (χ2n) is 10.4. The summed E-state index contributed by atoms with van der Waals surface area (Å²) in [6, 6.07) is 7.98. The van der Waals surface area contributed by atoms with Gasteiger partial charge < -0.3 is 24.4 Å². The zero-order valence-electron chi connectivity index (χ0n) is 23.6. The Hall–Kier alpha value is -3.13. The average molecular weight is 571 g/mol. The van der Waals surface area contributed by atoms with Crippen LogP contribution >= 0.6 is 7.52 Å². The highest BCUT2D eigenvalue weighted by atomic mass is 31.2. The van der Waals surface area contributed by atoms with Crippen LogP contribution in [0.5, 0.6) is 11.5 Å². The molecule has 2 aromatic carbocycles. The van der Waals surface area contributed by atoms with Gasteiger partial charge in [0.25, 0.3) is 0 Å². The third-order valence-corrected chi connectivity index (χ3v) is 9.62. The molecule has 2 aliphatic rings. The van der Waals surface area contributed by atoms with Crippen LogP contribution in [-0.4, -0.2) is 48.4 Å². The van der Waals surface area contributed by atoms with Crippen molar-refractivity contribution in [3.63, 3.8) is 0 Å². The summed E-state index contributed by atoms with van der Waals surface area (Å²) in [5.41, 5.74) is 4.28. The predicted molar refractivity (Wildman–Crippen MR) is 153 cm³/mol. The van der Waals surface area contributed by atoms with Gasteiger partial charge in [-0.25, -0.2) is 9.88 Å². The van der Waals surface area contributed by atoms with E-state index in [1.165, 1.54) is 0 Å². The van der Waals surface area contributed by atoms with Crippen LogP contribution in [0.15, 0.2) is 42.0 Å². The molecule has 2 heterocycles. The monoisotopic (exact) mass is 570 g/mol. The number of hydrogen-bond donors (Lipinski definition) is 3. The van der Waals surface area contributed by atoms with Crippen LogP contribution in [0.4, 0.5) is 0 Å². The van der Waals surface area contributed by atoms with Gasteiger partial charge in [-0.05, 0) is 82.8 Å². The highest BCUT2D eigenvalue weighted by Crippen LogP contribution is 2.45. The first-order valence-corrected chi connectivity index (χ1v) is 15.6. The van der Waals surface area contributed by atoms with E-state index < -0.39 is 25.5 Å². The standard InChI is InChI=1S/C30H39N2O7P/c1-5-24-20(3)26-17-37-30(35)27(26)28(33)25(24)12-11-19(2)18-40(36,39-23-9-7-6-8-10-23)32-21(4)29(34)38-22-13-15-31-16-14-22/h6-11,21-22,31,33H,5,12-18H2,1-4H3,(H,32,36)/t21-,40?/m0/s1. The molecule has 0 saturated carbocycles. The van der Waals surface area contributed by atoms with Crippen molar-refractivity contribution < 1.29 is 33.3 Å². The molecular formula is C30H39N2O7P. The second kappa shape index (κ2) is 13.0. The number of ether oxygens (including phenoxy) is 2. The number of para-hydroxylation sites is 1. The number of piperidine rings is 1. The lowest BCUT2D eigenvalue weighted by atomic mass is 9.89. The number of hydrogen-bond acceptors (Lipinski definition) is 8. The molecule has 0 aliphatic carbocycles. The van der Waals surface area contributed by atoms with Gasteiger partial charge in [0.15, 0.2) is 0 Å². The van der Waals surface area contributed by atoms with E-state index in [0.29, 0.717) is 24.2 Å². The van der Waals surface area contributed by atoms with Crippen LogP contribution in [-0.2, 0) is 38.3 Å². The fourth-order valence-corrected chi connectivity index (χ4v) is 7.45. The van der Waals surface area contributed by atoms with E-state index >= 15 is 0 Å². The lowest BCUT2D eigenvalue weighted by Gasteiger charge is -2.27. The maximum absolute atomic E-state index is 14.1. The lowest BCUT2D eigenvalue weighted by molar-refractivity contribution is -0.151. The first kappa shape index (κ1) is 29.8. The third-order valence-electron chi connectivity index (χ3n) is 7.42. The molecule has 2 aromatic rings. The number of benzene rings is 2. The van der Waals surface area contributed by atoms with Crippen molar-refractivity contribution in [1.29, 1.82) is 0 Å². The number of phenols is 1. The fraction of sp³-hybridized carbons (Fsp3) is 0.467. The molecule has 9 nitrogen and oxygen atoms in total. The van der Waals surface area contributed by atoms with Crippen LogP contribution in [0, 0.1) is 6.92 Å². The zero-order chi connectivity index (χ0) is 28.9. The number of fused-ring (bicyclic) bond motifs is 1. The molecule has 2 atom stereocenters. The molecule has 10 heteroatoms. The van der Waals surface area contributed by atoms with Crippen LogP contribution in [0.2, 0.25) is 0 Å². The normalized spacial score (nSPS) is 18.0. The van der Waals surface area contributed by atoms with E-state index in [1.807, 2.05) is 32.9 Å². The summed E-state index contributed by atoms with van der Waals surface area (Å²) in [4.78, 5) is 25.1. The van der Waals surface area contributed by atoms with Gasteiger partial charge in [-0.3, -0.25) is 9.36 Å². The number of carbonyl (C=O) groups is 2. The van der Waals surface area contributed by atoms with E-state index in [0.717, 1.165) is 48.2 Å². The SMILES string of the molecule is CCc1c(C)c2c(c(O)c1CC=C(C)CP(=O)(N[C@@H](C)C(=O)OC1CCNCC1)Oc1ccccc1)C(=O)OC2. The number of allylic oxidation sites excluding steroid dienone is 2. The highest BCUT2D eigenvalue weighted by Gasteiger charge is 2.33. The molecule has 0 spiro atoms. The predicted octanol–water partition coefficient (Wildman–Crippen LogP) is 4.97. The van der Waals surface area contributed by atoms with Crippen molar-refractivity contribution >= 4 is 19.5 Å². The number of rotatable bonds is 11. The molecule has 1 fully saturated rings. The fourth-order valence-electron chi connectivity index (χ4n) is 5.29. The van der Waals surface area contributed by atoms with E-state index in [4.69, 9.17) is 14.0 Å². The Morgan fingerprint density at radius 3 is 2.62 bits per heavy atom. The number of esters is 2. The molecule has 216 valence electrons. The van der Waals surface area contributed by atoms with Crippen LogP contribution in [0.25, 0.3) is 0 Å². The Kier molecular flexibility index (Phi) is 9.72. The highest BCUT2D eigenvalue weighted by molar-refractivity contribution is 7.57. The molecule has 2 aliphatic heterocycles. The minimum Gasteiger partial charge on any atom is -0.507 e. The Morgan fingerprint density at radius 1 is 1.25 bits per heavy atom. The van der Waals surface area contributed by atoms with Gasteiger partial charge in [-0.1, -0.05) is 36.8 Å². The maximum atomic E-state index is 14.1. The summed E-state index contributed by atoms with van der Waals surface area (Å²) in [5, 5.41) is 17.2. The van der Waals surface area contributed by atoms with Crippen molar-refractivity contribution in [1.82, 2.24) is 10.4 Å². The summed E-state index contributed by atoms with van der Waals surface area (Å²) in [7, 11) is -3.61. The Morgan fingerprint density at radius 2 is 1.95 bits per heavy atom. The first-order chi connectivity index (χ1) is 19.1. The minimum absolute atomic E-state index is 0.0288. The topological polar surface area (TPSA) is 123 Å². The Bertz CT molecular complexity index is 1320. The summed E-state index contributed by atoms with van der Waals surface area (Å²) in [6.45, 7) is 9.15. The van der Waals surface area contributed by atoms with E-state index in [9.17, 15) is 19.3 Å². The van der Waals surface area contributed by atoms with E-state index in [-0.39, 0.29) is 30.2 Å². The molecule has 40 heavy (non-hydrogen) atoms. The number of nitrogens with one attached hydrogen (secondary N) is 2. The van der Waals surface area contributed by atoms with Gasteiger partial charge in [0.2, 0.25) is 0 Å². The van der Waals surface area contributed by atoms with Crippen LogP contribution < -0.4 is 14.9 Å². The second-order valence-corrected chi connectivity index (χ2v) is 12.5. The van der Waals surface area contributed by atoms with Crippen LogP contribution in [0.1, 0.15) is 66.2 Å². The van der Waals surface area contributed by atoms with E-state index in [2.05, 4.69) is 10.4 Å². The van der Waals surface area contributed by atoms with E-state index in [1.54, 1.807) is 31.2 Å². The lowest BCUT2D eigenvalue weighted by Crippen LogP contribution is -2.40.